The van der Waals surface area contributed by atoms with Gasteiger partial charge in [-0.15, -0.1) is 0 Å². The average molecular weight is 323 g/mol. The Kier molecular flexibility index (Phi) is 4.16. The minimum Gasteiger partial charge on any atom is -0.370 e. The van der Waals surface area contributed by atoms with Gasteiger partial charge in [-0.1, -0.05) is 34.1 Å². The van der Waals surface area contributed by atoms with Crippen LogP contribution in [0.15, 0.2) is 53.0 Å². The maximum Gasteiger partial charge on any atom is 0.244 e. The summed E-state index contributed by atoms with van der Waals surface area (Å²) in [5, 5.41) is 2.93. The third kappa shape index (κ3) is 3.32. The van der Waals surface area contributed by atoms with Gasteiger partial charge in [0.15, 0.2) is 0 Å². The number of rotatable bonds is 4. The lowest BCUT2D eigenvalue weighted by Crippen LogP contribution is -2.28. The Hall–Kier alpha value is -1.88. The molecule has 19 heavy (non-hydrogen) atoms. The monoisotopic (exact) mass is 322 g/mol. The van der Waals surface area contributed by atoms with Gasteiger partial charge in [-0.2, -0.15) is 0 Å². The first-order chi connectivity index (χ1) is 9.08. The SMILES string of the molecule is NC(=O)C(Nc1ccccc1)c1cc(Br)ccc1F. The summed E-state index contributed by atoms with van der Waals surface area (Å²) in [4.78, 5) is 11.5. The highest BCUT2D eigenvalue weighted by atomic mass is 79.9. The molecule has 0 aliphatic rings. The van der Waals surface area contributed by atoms with Gasteiger partial charge in [0.2, 0.25) is 5.91 Å². The van der Waals surface area contributed by atoms with Gasteiger partial charge in [0, 0.05) is 15.7 Å². The Balaban J connectivity index is 2.35. The summed E-state index contributed by atoms with van der Waals surface area (Å²) in [6, 6.07) is 12.5. The summed E-state index contributed by atoms with van der Waals surface area (Å²) >= 11 is 3.25. The standard InChI is InChI=1S/C14H12BrFN2O/c15-9-6-7-12(16)11(8-9)13(14(17)19)18-10-4-2-1-3-5-10/h1-8,13,18H,(H2,17,19). The topological polar surface area (TPSA) is 55.1 Å². The van der Waals surface area contributed by atoms with Gasteiger partial charge in [-0.05, 0) is 30.3 Å². The number of hydrogen-bond donors (Lipinski definition) is 2. The second-order valence-electron chi connectivity index (χ2n) is 4.01. The van der Waals surface area contributed by atoms with Crippen molar-refractivity contribution in [2.45, 2.75) is 6.04 Å². The van der Waals surface area contributed by atoms with Gasteiger partial charge in [-0.3, -0.25) is 4.79 Å². The molecule has 2 aromatic carbocycles. The molecule has 1 unspecified atom stereocenters. The third-order valence-electron chi connectivity index (χ3n) is 2.64. The van der Waals surface area contributed by atoms with Crippen LogP contribution in [0.25, 0.3) is 0 Å². The van der Waals surface area contributed by atoms with Crippen LogP contribution in [-0.2, 0) is 4.79 Å². The number of carbonyl (C=O) groups is 1. The lowest BCUT2D eigenvalue weighted by Gasteiger charge is -2.18. The van der Waals surface area contributed by atoms with Crippen LogP contribution in [0.3, 0.4) is 0 Å². The zero-order chi connectivity index (χ0) is 13.8. The lowest BCUT2D eigenvalue weighted by molar-refractivity contribution is -0.118. The number of halogens is 2. The van der Waals surface area contributed by atoms with Crippen LogP contribution in [0.5, 0.6) is 0 Å². The maximum absolute atomic E-state index is 13.8. The molecule has 0 aromatic heterocycles. The Bertz CT molecular complexity index is 589. The molecule has 1 amide bonds. The third-order valence-corrected chi connectivity index (χ3v) is 3.13. The normalized spacial score (nSPS) is 11.9. The van der Waals surface area contributed by atoms with Crippen molar-refractivity contribution in [2.75, 3.05) is 5.32 Å². The number of nitrogens with two attached hydrogens (primary N) is 1. The summed E-state index contributed by atoms with van der Waals surface area (Å²) in [6.45, 7) is 0. The van der Waals surface area contributed by atoms with E-state index in [0.29, 0.717) is 10.2 Å². The van der Waals surface area contributed by atoms with Crippen molar-refractivity contribution in [3.63, 3.8) is 0 Å². The molecule has 3 N–H and O–H groups in total. The number of benzene rings is 2. The number of amides is 1. The Morgan fingerprint density at radius 2 is 1.89 bits per heavy atom. The highest BCUT2D eigenvalue weighted by molar-refractivity contribution is 9.10. The van der Waals surface area contributed by atoms with Gasteiger partial charge in [0.05, 0.1) is 0 Å². The average Bonchev–Trinajstić information content (AvgIpc) is 2.40. The number of para-hydroxylation sites is 1. The molecule has 0 spiro atoms. The molecule has 0 heterocycles. The predicted molar refractivity (Wildman–Crippen MR) is 76.1 cm³/mol. The number of anilines is 1. The molecule has 0 aliphatic heterocycles. The van der Waals surface area contributed by atoms with E-state index in [2.05, 4.69) is 21.2 Å². The Morgan fingerprint density at radius 3 is 2.53 bits per heavy atom. The minimum atomic E-state index is -0.917. The van der Waals surface area contributed by atoms with E-state index in [9.17, 15) is 9.18 Å². The number of hydrogen-bond acceptors (Lipinski definition) is 2. The van der Waals surface area contributed by atoms with Gasteiger partial charge in [0.25, 0.3) is 0 Å². The van der Waals surface area contributed by atoms with Crippen LogP contribution in [-0.4, -0.2) is 5.91 Å². The quantitative estimate of drug-likeness (QED) is 0.908. The summed E-state index contributed by atoms with van der Waals surface area (Å²) in [5.74, 6) is -1.11. The van der Waals surface area contributed by atoms with Gasteiger partial charge in [0.1, 0.15) is 11.9 Å². The van der Waals surface area contributed by atoms with Crippen molar-refractivity contribution in [1.82, 2.24) is 0 Å². The fourth-order valence-electron chi connectivity index (χ4n) is 1.74. The van der Waals surface area contributed by atoms with E-state index >= 15 is 0 Å². The smallest absolute Gasteiger partial charge is 0.244 e. The molecule has 2 aromatic rings. The first kappa shape index (κ1) is 13.5. The zero-order valence-electron chi connectivity index (χ0n) is 9.94. The zero-order valence-corrected chi connectivity index (χ0v) is 11.5. The molecule has 1 atom stereocenters. The second kappa shape index (κ2) is 5.84. The second-order valence-corrected chi connectivity index (χ2v) is 4.93. The van der Waals surface area contributed by atoms with Crippen molar-refractivity contribution in [3.05, 3.63) is 64.4 Å². The van der Waals surface area contributed by atoms with Crippen LogP contribution in [0.1, 0.15) is 11.6 Å². The maximum atomic E-state index is 13.8. The molecule has 98 valence electrons. The van der Waals surface area contributed by atoms with E-state index in [4.69, 9.17) is 5.73 Å². The molecule has 3 nitrogen and oxygen atoms in total. The van der Waals surface area contributed by atoms with Crippen molar-refractivity contribution in [1.29, 1.82) is 0 Å². The van der Waals surface area contributed by atoms with E-state index in [1.54, 1.807) is 24.3 Å². The van der Waals surface area contributed by atoms with Crippen molar-refractivity contribution in [2.24, 2.45) is 5.73 Å². The molecule has 0 radical (unpaired) electrons. The van der Waals surface area contributed by atoms with Crippen molar-refractivity contribution < 1.29 is 9.18 Å². The van der Waals surface area contributed by atoms with Crippen LogP contribution in [0, 0.1) is 5.82 Å². The first-order valence-corrected chi connectivity index (χ1v) is 6.43. The molecule has 5 heteroatoms. The van der Waals surface area contributed by atoms with Crippen molar-refractivity contribution >= 4 is 27.5 Å². The minimum absolute atomic E-state index is 0.214. The van der Waals surface area contributed by atoms with E-state index < -0.39 is 17.8 Å². The van der Waals surface area contributed by atoms with Gasteiger partial charge < -0.3 is 11.1 Å². The number of primary amides is 1. The molecule has 0 saturated heterocycles. The van der Waals surface area contributed by atoms with E-state index in [-0.39, 0.29) is 5.56 Å². The summed E-state index contributed by atoms with van der Waals surface area (Å²) < 4.78 is 14.5. The summed E-state index contributed by atoms with van der Waals surface area (Å²) in [5.41, 5.74) is 6.27. The molecule has 2 rings (SSSR count). The van der Waals surface area contributed by atoms with Crippen molar-refractivity contribution in [3.8, 4) is 0 Å². The molecule has 0 fully saturated rings. The van der Waals surface area contributed by atoms with Gasteiger partial charge in [-0.25, -0.2) is 4.39 Å². The Labute approximate surface area is 118 Å². The molecule has 0 aliphatic carbocycles. The molecular weight excluding hydrogens is 311 g/mol. The highest BCUT2D eigenvalue weighted by Gasteiger charge is 2.21. The van der Waals surface area contributed by atoms with E-state index in [1.165, 1.54) is 6.07 Å². The van der Waals surface area contributed by atoms with Crippen LogP contribution >= 0.6 is 15.9 Å². The van der Waals surface area contributed by atoms with E-state index in [0.717, 1.165) is 0 Å². The summed E-state index contributed by atoms with van der Waals surface area (Å²) in [6.07, 6.45) is 0. The fraction of sp³-hybridized carbons (Fsp3) is 0.0714. The predicted octanol–water partition coefficient (Wildman–Crippen LogP) is 3.23. The first-order valence-electron chi connectivity index (χ1n) is 5.64. The van der Waals surface area contributed by atoms with E-state index in [1.807, 2.05) is 18.2 Å². The highest BCUT2D eigenvalue weighted by Crippen LogP contribution is 2.25. The van der Waals surface area contributed by atoms with Crippen LogP contribution in [0.4, 0.5) is 10.1 Å². The molecule has 0 bridgehead atoms. The summed E-state index contributed by atoms with van der Waals surface area (Å²) in [7, 11) is 0. The van der Waals surface area contributed by atoms with Crippen LogP contribution in [0.2, 0.25) is 0 Å². The van der Waals surface area contributed by atoms with Crippen LogP contribution < -0.4 is 11.1 Å². The number of carbonyl (C=O) groups excluding carboxylic acids is 1. The molecular formula is C14H12BrFN2O. The number of nitrogens with one attached hydrogen (secondary N) is 1. The largest absolute Gasteiger partial charge is 0.370 e. The Morgan fingerprint density at radius 1 is 1.21 bits per heavy atom. The molecule has 0 saturated carbocycles. The van der Waals surface area contributed by atoms with Gasteiger partial charge >= 0.3 is 0 Å². The lowest BCUT2D eigenvalue weighted by atomic mass is 10.1. The fourth-order valence-corrected chi connectivity index (χ4v) is 2.12.